The Morgan fingerprint density at radius 3 is 2.74 bits per heavy atom. The lowest BCUT2D eigenvalue weighted by Crippen LogP contribution is -2.52. The number of ether oxygens (including phenoxy) is 2. The Morgan fingerprint density at radius 1 is 1.26 bits per heavy atom. The third-order valence-corrected chi connectivity index (χ3v) is 4.10. The zero-order chi connectivity index (χ0) is 13.3. The molecule has 1 N–H and O–H groups in total. The van der Waals surface area contributed by atoms with Crippen LogP contribution in [0.25, 0.3) is 0 Å². The Labute approximate surface area is 114 Å². The van der Waals surface area contributed by atoms with Crippen molar-refractivity contribution in [3.8, 4) is 0 Å². The van der Waals surface area contributed by atoms with Crippen LogP contribution in [0.2, 0.25) is 0 Å². The molecule has 1 aliphatic heterocycles. The molecule has 2 fully saturated rings. The van der Waals surface area contributed by atoms with Gasteiger partial charge in [0.15, 0.2) is 5.79 Å². The minimum Gasteiger partial charge on any atom is -0.349 e. The minimum atomic E-state index is -0.433. The Hall–Kier alpha value is -0.910. The van der Waals surface area contributed by atoms with Crippen LogP contribution in [-0.2, 0) is 9.47 Å². The third-order valence-electron chi connectivity index (χ3n) is 4.10. The van der Waals surface area contributed by atoms with Crippen molar-refractivity contribution in [3.05, 3.63) is 18.7 Å². The van der Waals surface area contributed by atoms with E-state index in [1.165, 1.54) is 19.3 Å². The van der Waals surface area contributed by atoms with E-state index in [1.807, 2.05) is 26.4 Å². The van der Waals surface area contributed by atoms with E-state index in [4.69, 9.17) is 9.47 Å². The Kier molecular flexibility index (Phi) is 3.60. The van der Waals surface area contributed by atoms with Gasteiger partial charge < -0.3 is 19.4 Å². The van der Waals surface area contributed by atoms with Gasteiger partial charge in [0.25, 0.3) is 0 Å². The molecule has 1 aliphatic carbocycles. The van der Waals surface area contributed by atoms with Crippen molar-refractivity contribution in [1.82, 2.24) is 14.9 Å². The summed E-state index contributed by atoms with van der Waals surface area (Å²) in [6.07, 6.45) is 9.52. The number of aromatic nitrogens is 2. The summed E-state index contributed by atoms with van der Waals surface area (Å²) in [4.78, 5) is 4.15. The molecule has 0 aromatic carbocycles. The van der Waals surface area contributed by atoms with Crippen LogP contribution in [0.4, 0.5) is 0 Å². The summed E-state index contributed by atoms with van der Waals surface area (Å²) in [6, 6.07) is 1.30. The highest BCUT2D eigenvalue weighted by Crippen LogP contribution is 2.30. The van der Waals surface area contributed by atoms with Crippen molar-refractivity contribution in [2.45, 2.75) is 57.0 Å². The SMILES string of the molecule is CC1(C)OCC(NC2CCCC2n2ccnc2)CO1. The number of nitrogens with one attached hydrogen (secondary N) is 1. The molecule has 19 heavy (non-hydrogen) atoms. The van der Waals surface area contributed by atoms with E-state index in [2.05, 4.69) is 21.1 Å². The molecule has 2 aliphatic rings. The van der Waals surface area contributed by atoms with Gasteiger partial charge in [0.1, 0.15) is 0 Å². The second-order valence-electron chi connectivity index (χ2n) is 6.00. The van der Waals surface area contributed by atoms with E-state index < -0.39 is 5.79 Å². The second-order valence-corrected chi connectivity index (χ2v) is 6.00. The Balaban J connectivity index is 1.58. The van der Waals surface area contributed by atoms with Gasteiger partial charge in [-0.15, -0.1) is 0 Å². The third kappa shape index (κ3) is 2.99. The monoisotopic (exact) mass is 265 g/mol. The summed E-state index contributed by atoms with van der Waals surface area (Å²) in [6.45, 7) is 5.38. The molecular weight excluding hydrogens is 242 g/mol. The first kappa shape index (κ1) is 13.1. The lowest BCUT2D eigenvalue weighted by Gasteiger charge is -2.37. The number of hydrogen-bond donors (Lipinski definition) is 1. The van der Waals surface area contributed by atoms with Crippen LogP contribution in [0.5, 0.6) is 0 Å². The van der Waals surface area contributed by atoms with E-state index in [1.54, 1.807) is 0 Å². The van der Waals surface area contributed by atoms with E-state index in [0.29, 0.717) is 18.1 Å². The fourth-order valence-corrected chi connectivity index (χ4v) is 3.05. The molecule has 1 saturated carbocycles. The van der Waals surface area contributed by atoms with E-state index in [9.17, 15) is 0 Å². The molecule has 1 saturated heterocycles. The van der Waals surface area contributed by atoms with Crippen LogP contribution in [0.1, 0.15) is 39.2 Å². The average molecular weight is 265 g/mol. The van der Waals surface area contributed by atoms with Crippen molar-refractivity contribution in [2.24, 2.45) is 0 Å². The van der Waals surface area contributed by atoms with Crippen molar-refractivity contribution in [2.75, 3.05) is 13.2 Å². The van der Waals surface area contributed by atoms with Crippen molar-refractivity contribution < 1.29 is 9.47 Å². The van der Waals surface area contributed by atoms with Gasteiger partial charge in [0.2, 0.25) is 0 Å². The molecule has 2 atom stereocenters. The number of hydrogen-bond acceptors (Lipinski definition) is 4. The van der Waals surface area contributed by atoms with Crippen LogP contribution in [0, 0.1) is 0 Å². The highest BCUT2D eigenvalue weighted by Gasteiger charge is 2.33. The maximum Gasteiger partial charge on any atom is 0.162 e. The number of imidazole rings is 1. The summed E-state index contributed by atoms with van der Waals surface area (Å²) in [5.74, 6) is -0.433. The minimum absolute atomic E-state index is 0.294. The van der Waals surface area contributed by atoms with E-state index >= 15 is 0 Å². The van der Waals surface area contributed by atoms with Crippen LogP contribution in [0.3, 0.4) is 0 Å². The summed E-state index contributed by atoms with van der Waals surface area (Å²) in [5, 5.41) is 3.70. The molecule has 2 heterocycles. The molecule has 0 amide bonds. The van der Waals surface area contributed by atoms with Gasteiger partial charge in [-0.1, -0.05) is 0 Å². The van der Waals surface area contributed by atoms with Crippen molar-refractivity contribution >= 4 is 0 Å². The van der Waals surface area contributed by atoms with Crippen LogP contribution >= 0.6 is 0 Å². The molecular formula is C14H23N3O2. The Bertz CT molecular complexity index is 395. The van der Waals surface area contributed by atoms with Crippen LogP contribution in [0.15, 0.2) is 18.7 Å². The van der Waals surface area contributed by atoms with Gasteiger partial charge >= 0.3 is 0 Å². The fourth-order valence-electron chi connectivity index (χ4n) is 3.05. The van der Waals surface area contributed by atoms with Crippen molar-refractivity contribution in [3.63, 3.8) is 0 Å². The molecule has 106 valence electrons. The number of rotatable bonds is 3. The van der Waals surface area contributed by atoms with Crippen LogP contribution in [-0.4, -0.2) is 40.6 Å². The summed E-state index contributed by atoms with van der Waals surface area (Å²) < 4.78 is 13.6. The topological polar surface area (TPSA) is 48.3 Å². The molecule has 5 nitrogen and oxygen atoms in total. The maximum atomic E-state index is 5.71. The molecule has 0 radical (unpaired) electrons. The first-order chi connectivity index (χ1) is 9.14. The average Bonchev–Trinajstić information content (AvgIpc) is 3.02. The van der Waals surface area contributed by atoms with Gasteiger partial charge in [0.05, 0.1) is 25.6 Å². The van der Waals surface area contributed by atoms with Gasteiger partial charge in [0, 0.05) is 24.5 Å². The summed E-state index contributed by atoms with van der Waals surface area (Å²) in [7, 11) is 0. The largest absolute Gasteiger partial charge is 0.349 e. The standard InChI is InChI=1S/C14H23N3O2/c1-14(2)18-8-11(9-19-14)16-12-4-3-5-13(12)17-7-6-15-10-17/h6-7,10-13,16H,3-5,8-9H2,1-2H3. The smallest absolute Gasteiger partial charge is 0.162 e. The number of nitrogens with zero attached hydrogens (tertiary/aromatic N) is 2. The zero-order valence-corrected chi connectivity index (χ0v) is 11.7. The summed E-state index contributed by atoms with van der Waals surface area (Å²) >= 11 is 0. The lowest BCUT2D eigenvalue weighted by molar-refractivity contribution is -0.253. The molecule has 0 spiro atoms. The maximum absolute atomic E-state index is 5.71. The first-order valence-electron chi connectivity index (χ1n) is 7.15. The second kappa shape index (κ2) is 5.23. The predicted octanol–water partition coefficient (Wildman–Crippen LogP) is 1.72. The molecule has 2 unspecified atom stereocenters. The van der Waals surface area contributed by atoms with E-state index in [-0.39, 0.29) is 0 Å². The summed E-state index contributed by atoms with van der Waals surface area (Å²) in [5.41, 5.74) is 0. The van der Waals surface area contributed by atoms with Crippen LogP contribution < -0.4 is 5.32 Å². The molecule has 1 aromatic rings. The molecule has 1 aromatic heterocycles. The highest BCUT2D eigenvalue weighted by atomic mass is 16.7. The van der Waals surface area contributed by atoms with E-state index in [0.717, 1.165) is 13.2 Å². The van der Waals surface area contributed by atoms with Gasteiger partial charge in [-0.05, 0) is 33.1 Å². The van der Waals surface area contributed by atoms with Crippen molar-refractivity contribution in [1.29, 1.82) is 0 Å². The molecule has 3 rings (SSSR count). The quantitative estimate of drug-likeness (QED) is 0.904. The predicted molar refractivity (Wildman–Crippen MR) is 71.8 cm³/mol. The lowest BCUT2D eigenvalue weighted by atomic mass is 10.1. The van der Waals surface area contributed by atoms with Gasteiger partial charge in [-0.3, -0.25) is 0 Å². The fraction of sp³-hybridized carbons (Fsp3) is 0.786. The molecule has 0 bridgehead atoms. The molecule has 5 heteroatoms. The van der Waals surface area contributed by atoms with Gasteiger partial charge in [-0.25, -0.2) is 4.98 Å². The van der Waals surface area contributed by atoms with Gasteiger partial charge in [-0.2, -0.15) is 0 Å². The Morgan fingerprint density at radius 2 is 2.05 bits per heavy atom. The zero-order valence-electron chi connectivity index (χ0n) is 11.7. The highest BCUT2D eigenvalue weighted by molar-refractivity contribution is 4.93. The first-order valence-corrected chi connectivity index (χ1v) is 7.15. The normalized spacial score (nSPS) is 31.7.